The Labute approximate surface area is 174 Å². The lowest BCUT2D eigenvalue weighted by Crippen LogP contribution is -2.40. The number of fused-ring (bicyclic) bond motifs is 7. The van der Waals surface area contributed by atoms with E-state index in [2.05, 4.69) is 4.90 Å². The first-order valence-corrected chi connectivity index (χ1v) is 10.3. The lowest BCUT2D eigenvalue weighted by Gasteiger charge is -2.39. The molecule has 30 heavy (non-hydrogen) atoms. The fourth-order valence-corrected chi connectivity index (χ4v) is 5.25. The summed E-state index contributed by atoms with van der Waals surface area (Å²) >= 11 is 0. The Balaban J connectivity index is 1.91. The highest BCUT2D eigenvalue weighted by Crippen LogP contribution is 2.48. The molecule has 2 aliphatic heterocycles. The lowest BCUT2D eigenvalue weighted by molar-refractivity contribution is -0.150. The number of nitrogens with zero attached hydrogens (tertiary/aromatic N) is 1. The van der Waals surface area contributed by atoms with Crippen LogP contribution in [0, 0.1) is 0 Å². The Morgan fingerprint density at radius 2 is 1.73 bits per heavy atom. The normalized spacial score (nSPS) is 20.8. The van der Waals surface area contributed by atoms with Crippen LogP contribution in [0.25, 0.3) is 21.5 Å². The van der Waals surface area contributed by atoms with Crippen molar-refractivity contribution in [3.05, 3.63) is 41.5 Å². The molecule has 0 bridgehead atoms. The van der Waals surface area contributed by atoms with E-state index in [4.69, 9.17) is 14.2 Å². The highest BCUT2D eigenvalue weighted by Gasteiger charge is 2.41. The molecule has 0 amide bonds. The zero-order chi connectivity index (χ0) is 21.0. The highest BCUT2D eigenvalue weighted by molar-refractivity contribution is 6.12. The molecule has 0 aromatic heterocycles. The van der Waals surface area contributed by atoms with Gasteiger partial charge in [-0.3, -0.25) is 9.69 Å². The molecule has 3 aromatic carbocycles. The molecule has 3 aromatic rings. The molecule has 1 fully saturated rings. The minimum Gasteiger partial charge on any atom is -0.508 e. The zero-order valence-electron chi connectivity index (χ0n) is 17.4. The molecule has 6 nitrogen and oxygen atoms in total. The van der Waals surface area contributed by atoms with E-state index >= 15 is 0 Å². The summed E-state index contributed by atoms with van der Waals surface area (Å²) in [6.07, 6.45) is 1.75. The van der Waals surface area contributed by atoms with Crippen LogP contribution >= 0.6 is 0 Å². The van der Waals surface area contributed by atoms with Crippen LogP contribution in [0.5, 0.6) is 17.2 Å². The second kappa shape index (κ2) is 7.06. The Morgan fingerprint density at radius 1 is 1.03 bits per heavy atom. The SMILES string of the molecule is COc1cc2c3c(c4ccc(O)cc4c2cc1OC)[C@H](OC(C)=O)[C@@H]1CCCN1C3. The van der Waals surface area contributed by atoms with E-state index in [1.807, 2.05) is 18.2 Å². The molecular weight excluding hydrogens is 382 g/mol. The molecule has 2 atom stereocenters. The van der Waals surface area contributed by atoms with Crippen LogP contribution in [0.1, 0.15) is 37.0 Å². The van der Waals surface area contributed by atoms with E-state index in [0.717, 1.165) is 58.6 Å². The summed E-state index contributed by atoms with van der Waals surface area (Å²) < 4.78 is 17.0. The minimum atomic E-state index is -0.335. The van der Waals surface area contributed by atoms with E-state index in [0.29, 0.717) is 11.5 Å². The van der Waals surface area contributed by atoms with Crippen molar-refractivity contribution in [1.29, 1.82) is 0 Å². The van der Waals surface area contributed by atoms with Gasteiger partial charge in [-0.15, -0.1) is 0 Å². The van der Waals surface area contributed by atoms with Crippen molar-refractivity contribution < 1.29 is 24.1 Å². The Hall–Kier alpha value is -2.99. The smallest absolute Gasteiger partial charge is 0.303 e. The van der Waals surface area contributed by atoms with Crippen LogP contribution in [0.4, 0.5) is 0 Å². The molecule has 0 radical (unpaired) electrons. The number of ether oxygens (including phenoxy) is 3. The van der Waals surface area contributed by atoms with Gasteiger partial charge in [0.2, 0.25) is 0 Å². The van der Waals surface area contributed by atoms with Crippen molar-refractivity contribution in [3.8, 4) is 17.2 Å². The molecule has 156 valence electrons. The van der Waals surface area contributed by atoms with E-state index in [1.54, 1.807) is 26.4 Å². The first kappa shape index (κ1) is 19.0. The summed E-state index contributed by atoms with van der Waals surface area (Å²) in [5.41, 5.74) is 2.19. The fraction of sp³-hybridized carbons (Fsp3) is 0.375. The maximum absolute atomic E-state index is 12.0. The number of hydrogen-bond acceptors (Lipinski definition) is 6. The molecule has 5 rings (SSSR count). The molecule has 6 heteroatoms. The summed E-state index contributed by atoms with van der Waals surface area (Å²) in [5, 5.41) is 14.2. The maximum Gasteiger partial charge on any atom is 0.303 e. The van der Waals surface area contributed by atoms with E-state index in [9.17, 15) is 9.90 Å². The van der Waals surface area contributed by atoms with Crippen molar-refractivity contribution in [2.75, 3.05) is 20.8 Å². The summed E-state index contributed by atoms with van der Waals surface area (Å²) in [6.45, 7) is 3.25. The number of rotatable bonds is 3. The Kier molecular flexibility index (Phi) is 4.47. The number of hydrogen-bond donors (Lipinski definition) is 1. The third kappa shape index (κ3) is 2.78. The third-order valence-corrected chi connectivity index (χ3v) is 6.46. The van der Waals surface area contributed by atoms with Crippen LogP contribution in [0.3, 0.4) is 0 Å². The Bertz CT molecular complexity index is 1170. The van der Waals surface area contributed by atoms with Crippen molar-refractivity contribution >= 4 is 27.5 Å². The van der Waals surface area contributed by atoms with E-state index in [-0.39, 0.29) is 23.9 Å². The van der Waals surface area contributed by atoms with Gasteiger partial charge in [0.25, 0.3) is 0 Å². The second-order valence-electron chi connectivity index (χ2n) is 8.08. The van der Waals surface area contributed by atoms with Gasteiger partial charge in [-0.2, -0.15) is 0 Å². The summed E-state index contributed by atoms with van der Waals surface area (Å²) in [7, 11) is 3.24. The summed E-state index contributed by atoms with van der Waals surface area (Å²) in [5.74, 6) is 1.21. The van der Waals surface area contributed by atoms with Crippen LogP contribution in [-0.2, 0) is 16.1 Å². The number of phenols is 1. The molecule has 0 spiro atoms. The number of aromatic hydroxyl groups is 1. The number of benzene rings is 3. The molecular formula is C24H25NO5. The van der Waals surface area contributed by atoms with Crippen molar-refractivity contribution in [3.63, 3.8) is 0 Å². The van der Waals surface area contributed by atoms with Crippen LogP contribution < -0.4 is 9.47 Å². The third-order valence-electron chi connectivity index (χ3n) is 6.46. The molecule has 1 N–H and O–H groups in total. The molecule has 0 aliphatic carbocycles. The van der Waals surface area contributed by atoms with Gasteiger partial charge in [-0.05, 0) is 70.8 Å². The van der Waals surface area contributed by atoms with Crippen molar-refractivity contribution in [1.82, 2.24) is 4.90 Å². The Morgan fingerprint density at radius 3 is 2.43 bits per heavy atom. The molecule has 0 unspecified atom stereocenters. The summed E-state index contributed by atoms with van der Waals surface area (Å²) in [6, 6.07) is 9.54. The van der Waals surface area contributed by atoms with Crippen molar-refractivity contribution in [2.45, 2.75) is 38.5 Å². The van der Waals surface area contributed by atoms with Gasteiger partial charge in [0.1, 0.15) is 11.9 Å². The number of methoxy groups -OCH3 is 2. The van der Waals surface area contributed by atoms with Gasteiger partial charge < -0.3 is 19.3 Å². The average molecular weight is 407 g/mol. The second-order valence-corrected chi connectivity index (χ2v) is 8.08. The van der Waals surface area contributed by atoms with Crippen LogP contribution in [0.2, 0.25) is 0 Å². The predicted molar refractivity (Wildman–Crippen MR) is 114 cm³/mol. The molecule has 1 saturated heterocycles. The van der Waals surface area contributed by atoms with Gasteiger partial charge in [0, 0.05) is 19.0 Å². The number of carbonyl (C=O) groups excluding carboxylic acids is 1. The first-order valence-electron chi connectivity index (χ1n) is 10.3. The van der Waals surface area contributed by atoms with E-state index in [1.165, 1.54) is 6.92 Å². The monoisotopic (exact) mass is 407 g/mol. The molecule has 2 aliphatic rings. The van der Waals surface area contributed by atoms with Gasteiger partial charge in [-0.25, -0.2) is 0 Å². The molecule has 0 saturated carbocycles. The van der Waals surface area contributed by atoms with Gasteiger partial charge >= 0.3 is 5.97 Å². The maximum atomic E-state index is 12.0. The van der Waals surface area contributed by atoms with Crippen molar-refractivity contribution in [2.24, 2.45) is 0 Å². The van der Waals surface area contributed by atoms with Crippen LogP contribution in [-0.4, -0.2) is 42.8 Å². The van der Waals surface area contributed by atoms with Gasteiger partial charge in [0.05, 0.1) is 20.3 Å². The topological polar surface area (TPSA) is 68.2 Å². The van der Waals surface area contributed by atoms with Gasteiger partial charge in [0.15, 0.2) is 11.5 Å². The standard InChI is InChI=1S/C24H25NO5/c1-13(26)30-24-20-5-4-8-25(20)12-19-18-11-22(29-3)21(28-2)10-17(18)16-9-14(27)6-7-15(16)23(19)24/h6-7,9-11,20,24,27H,4-5,8,12H2,1-3H3/t20-,24+/m0/s1. The molecule has 2 heterocycles. The van der Waals surface area contributed by atoms with Gasteiger partial charge in [-0.1, -0.05) is 6.07 Å². The van der Waals surface area contributed by atoms with Crippen LogP contribution in [0.15, 0.2) is 30.3 Å². The number of phenolic OH excluding ortho intramolecular Hbond substituents is 1. The fourth-order valence-electron chi connectivity index (χ4n) is 5.25. The zero-order valence-corrected chi connectivity index (χ0v) is 17.4. The number of carbonyl (C=O) groups is 1. The summed E-state index contributed by atoms with van der Waals surface area (Å²) in [4.78, 5) is 14.4. The largest absolute Gasteiger partial charge is 0.508 e. The quantitative estimate of drug-likeness (QED) is 0.516. The van der Waals surface area contributed by atoms with E-state index < -0.39 is 0 Å². The lowest BCUT2D eigenvalue weighted by atomic mass is 9.83. The first-order chi connectivity index (χ1) is 14.5. The number of esters is 1. The average Bonchev–Trinajstić information content (AvgIpc) is 3.21. The minimum absolute atomic E-state index is 0.177. The highest BCUT2D eigenvalue weighted by atomic mass is 16.5. The predicted octanol–water partition coefficient (Wildman–Crippen LogP) is 4.30.